The predicted octanol–water partition coefficient (Wildman–Crippen LogP) is 11.5. The van der Waals surface area contributed by atoms with Gasteiger partial charge in [0.05, 0.1) is 11.2 Å². The quantitative estimate of drug-likeness (QED) is 0.0306. The van der Waals surface area contributed by atoms with Crippen molar-refractivity contribution < 1.29 is 24.1 Å². The molecule has 9 rings (SSSR count). The van der Waals surface area contributed by atoms with Crippen LogP contribution in [-0.4, -0.2) is 32.6 Å². The second-order valence-electron chi connectivity index (χ2n) is 16.6. The number of rotatable bonds is 13. The maximum atomic E-state index is 13.8. The highest BCUT2D eigenvalue weighted by Crippen LogP contribution is 2.39. The van der Waals surface area contributed by atoms with Crippen LogP contribution in [0.5, 0.6) is 0 Å². The Hall–Kier alpha value is -7.11. The van der Waals surface area contributed by atoms with E-state index in [9.17, 15) is 19.2 Å². The van der Waals surface area contributed by atoms with Crippen LogP contribution in [0.1, 0.15) is 91.7 Å². The largest absolute Gasteiger partial charge is 0.344 e. The summed E-state index contributed by atoms with van der Waals surface area (Å²) in [7, 11) is 0. The van der Waals surface area contributed by atoms with Crippen molar-refractivity contribution >= 4 is 93.7 Å². The van der Waals surface area contributed by atoms with Gasteiger partial charge in [0.15, 0.2) is 11.2 Å². The fraction of sp³-hybridized carbons (Fsp3) is 0.226. The Labute approximate surface area is 374 Å². The molecule has 322 valence electrons. The molecular weight excluding hydrogens is 821 g/mol. The van der Waals surface area contributed by atoms with E-state index in [1.807, 2.05) is 93.6 Å². The van der Waals surface area contributed by atoms with Crippen LogP contribution in [0, 0.1) is 6.92 Å². The number of allylic oxidation sites excluding steroid dienone is 3. The van der Waals surface area contributed by atoms with Crippen LogP contribution >= 0.6 is 11.3 Å². The van der Waals surface area contributed by atoms with Gasteiger partial charge in [-0.05, 0) is 117 Å². The standard InChI is InChI=1S/C53H48N4O6S/c1-31-14-8-9-15-39(31)51(60)38-20-24-46-43(30-38)42-28-36(32(2)54-62-34(4)58)18-22-45(42)56(46)26-12-6-7-13-27-57-47-23-19-37(33(3)55-63-35(5)59)29-44(47)50-48(57)25-21-41-52(61)40-16-10-11-17-49(40)64-53(41)50/h8-11,14-25,29-30,54H,6-7,12-13,26-28H2,1-5H3/b36-32+,55-33?. The Morgan fingerprint density at radius 1 is 0.703 bits per heavy atom. The zero-order valence-corrected chi connectivity index (χ0v) is 37.4. The van der Waals surface area contributed by atoms with E-state index in [2.05, 4.69) is 56.2 Å². The molecule has 0 saturated heterocycles. The Morgan fingerprint density at radius 3 is 2.16 bits per heavy atom. The molecule has 0 bridgehead atoms. The summed E-state index contributed by atoms with van der Waals surface area (Å²) in [6, 6.07) is 31.8. The number of oxime groups is 1. The first kappa shape index (κ1) is 42.2. The topological polar surface area (TPSA) is 121 Å². The van der Waals surface area contributed by atoms with E-state index >= 15 is 0 Å². The van der Waals surface area contributed by atoms with Gasteiger partial charge in [-0.1, -0.05) is 66.5 Å². The van der Waals surface area contributed by atoms with Crippen LogP contribution in [-0.2, 0) is 38.8 Å². The van der Waals surface area contributed by atoms with Gasteiger partial charge in [-0.2, -0.15) is 0 Å². The van der Waals surface area contributed by atoms with Gasteiger partial charge in [-0.15, -0.1) is 11.3 Å². The Kier molecular flexibility index (Phi) is 11.6. The zero-order chi connectivity index (χ0) is 44.6. The number of nitrogens with zero attached hydrogens (tertiary/aromatic N) is 3. The molecule has 64 heavy (non-hydrogen) atoms. The molecule has 0 saturated carbocycles. The maximum absolute atomic E-state index is 13.8. The number of carbonyl (C=O) groups is 3. The fourth-order valence-electron chi connectivity index (χ4n) is 9.07. The van der Waals surface area contributed by atoms with Gasteiger partial charge < -0.3 is 18.8 Å². The van der Waals surface area contributed by atoms with Crippen LogP contribution < -0.4 is 10.9 Å². The molecule has 3 aromatic heterocycles. The van der Waals surface area contributed by atoms with Crippen molar-refractivity contribution in [3.63, 3.8) is 0 Å². The van der Waals surface area contributed by atoms with Gasteiger partial charge >= 0.3 is 11.9 Å². The number of fused-ring (bicyclic) bond motifs is 9. The first-order valence-electron chi connectivity index (χ1n) is 21.7. The second-order valence-corrected chi connectivity index (χ2v) is 17.6. The van der Waals surface area contributed by atoms with E-state index in [0.29, 0.717) is 28.6 Å². The summed E-state index contributed by atoms with van der Waals surface area (Å²) in [6.45, 7) is 9.99. The lowest BCUT2D eigenvalue weighted by atomic mass is 9.93. The molecule has 0 spiro atoms. The van der Waals surface area contributed by atoms with Crippen molar-refractivity contribution in [2.24, 2.45) is 5.16 Å². The molecule has 0 atom stereocenters. The summed E-state index contributed by atoms with van der Waals surface area (Å²) in [5.74, 6) is -0.894. The highest BCUT2D eigenvalue weighted by Gasteiger charge is 2.23. The molecule has 1 aliphatic rings. The number of carbonyl (C=O) groups excluding carboxylic acids is 3. The van der Waals surface area contributed by atoms with Gasteiger partial charge in [0.2, 0.25) is 0 Å². The van der Waals surface area contributed by atoms with E-state index in [-0.39, 0.29) is 11.2 Å². The molecule has 0 unspecified atom stereocenters. The number of ketones is 1. The van der Waals surface area contributed by atoms with Crippen molar-refractivity contribution in [2.75, 3.05) is 0 Å². The lowest BCUT2D eigenvalue weighted by molar-refractivity contribution is -0.146. The molecular formula is C53H48N4O6S. The van der Waals surface area contributed by atoms with E-state index in [1.54, 1.807) is 11.3 Å². The summed E-state index contributed by atoms with van der Waals surface area (Å²) in [5.41, 5.74) is 13.8. The second kappa shape index (κ2) is 17.6. The van der Waals surface area contributed by atoms with Crippen molar-refractivity contribution in [1.82, 2.24) is 14.6 Å². The first-order valence-corrected chi connectivity index (χ1v) is 22.5. The monoisotopic (exact) mass is 868 g/mol. The molecule has 1 aliphatic carbocycles. The molecule has 0 aliphatic heterocycles. The number of aromatic nitrogens is 2. The molecule has 0 fully saturated rings. The molecule has 1 N–H and O–H groups in total. The van der Waals surface area contributed by atoms with Gasteiger partial charge in [0, 0.05) is 103 Å². The number of hydroxylamine groups is 1. The normalized spacial score (nSPS) is 13.5. The van der Waals surface area contributed by atoms with Gasteiger partial charge in [-0.3, -0.25) is 14.4 Å². The van der Waals surface area contributed by atoms with Gasteiger partial charge in [-0.25, -0.2) is 10.3 Å². The number of unbranched alkanes of at least 4 members (excludes halogenated alkanes) is 3. The number of nitrogens with one attached hydrogen (secondary N) is 1. The van der Waals surface area contributed by atoms with Gasteiger partial charge in [0.25, 0.3) is 0 Å². The highest BCUT2D eigenvalue weighted by atomic mass is 32.1. The highest BCUT2D eigenvalue weighted by molar-refractivity contribution is 7.25. The van der Waals surface area contributed by atoms with Gasteiger partial charge in [0.1, 0.15) is 0 Å². The van der Waals surface area contributed by atoms with Crippen molar-refractivity contribution in [3.05, 3.63) is 158 Å². The molecule has 0 radical (unpaired) electrons. The van der Waals surface area contributed by atoms with E-state index < -0.39 is 11.9 Å². The minimum absolute atomic E-state index is 0.000645. The average Bonchev–Trinajstić information content (AvgIpc) is 3.79. The minimum Gasteiger partial charge on any atom is -0.344 e. The SMILES string of the molecule is CC(=O)ON=C(C)c1ccc2c(c1)c1c3sc4ccccc4c(=O)c3ccc1n2CCCCCCn1c2c(c3cc(C(=O)c4ccccc4C)ccc31)C/C(=C(\C)NOC(C)=O)C=C2. The number of aryl methyl sites for hydroxylation is 3. The van der Waals surface area contributed by atoms with Crippen LogP contribution in [0.4, 0.5) is 0 Å². The fourth-order valence-corrected chi connectivity index (χ4v) is 10.3. The minimum atomic E-state index is -0.480. The van der Waals surface area contributed by atoms with Crippen LogP contribution in [0.15, 0.2) is 124 Å². The average molecular weight is 869 g/mol. The summed E-state index contributed by atoms with van der Waals surface area (Å²) in [5, 5.41) is 8.60. The summed E-state index contributed by atoms with van der Waals surface area (Å²) in [6.07, 6.45) is 8.79. The van der Waals surface area contributed by atoms with Crippen molar-refractivity contribution in [2.45, 2.75) is 79.8 Å². The lowest BCUT2D eigenvalue weighted by Crippen LogP contribution is -2.18. The van der Waals surface area contributed by atoms with Crippen LogP contribution in [0.3, 0.4) is 0 Å². The van der Waals surface area contributed by atoms with E-state index in [1.165, 1.54) is 13.8 Å². The summed E-state index contributed by atoms with van der Waals surface area (Å²) >= 11 is 1.64. The number of benzene rings is 5. The third-order valence-corrected chi connectivity index (χ3v) is 13.5. The lowest BCUT2D eigenvalue weighted by Gasteiger charge is -2.16. The Morgan fingerprint density at radius 2 is 1.39 bits per heavy atom. The molecule has 8 aromatic rings. The van der Waals surface area contributed by atoms with Crippen LogP contribution in [0.2, 0.25) is 0 Å². The first-order chi connectivity index (χ1) is 31.0. The smallest absolute Gasteiger partial charge is 0.331 e. The number of hydrogen-bond acceptors (Lipinski definition) is 9. The summed E-state index contributed by atoms with van der Waals surface area (Å²) in [4.78, 5) is 60.8. The third-order valence-electron chi connectivity index (χ3n) is 12.3. The van der Waals surface area contributed by atoms with Crippen molar-refractivity contribution in [3.8, 4) is 0 Å². The molecule has 3 heterocycles. The van der Waals surface area contributed by atoms with Crippen LogP contribution in [0.25, 0.3) is 59.0 Å². The maximum Gasteiger partial charge on any atom is 0.331 e. The predicted molar refractivity (Wildman–Crippen MR) is 258 cm³/mol. The third kappa shape index (κ3) is 7.92. The molecule has 10 nitrogen and oxygen atoms in total. The summed E-state index contributed by atoms with van der Waals surface area (Å²) < 4.78 is 6.66. The molecule has 5 aromatic carbocycles. The van der Waals surface area contributed by atoms with E-state index in [4.69, 9.17) is 9.68 Å². The van der Waals surface area contributed by atoms with Crippen molar-refractivity contribution in [1.29, 1.82) is 0 Å². The molecule has 11 heteroatoms. The molecule has 0 amide bonds. The Bertz CT molecular complexity index is 3380. The number of hydrogen-bond donors (Lipinski definition) is 1. The van der Waals surface area contributed by atoms with E-state index in [0.717, 1.165) is 120 Å². The Balaban J connectivity index is 0.990. The zero-order valence-electron chi connectivity index (χ0n) is 36.5.